The summed E-state index contributed by atoms with van der Waals surface area (Å²) in [5.41, 5.74) is 8.87. The third kappa shape index (κ3) is 11.2. The summed E-state index contributed by atoms with van der Waals surface area (Å²) in [4.78, 5) is 0. The van der Waals surface area contributed by atoms with Crippen LogP contribution in [0.4, 0.5) is 0 Å². The average Bonchev–Trinajstić information content (AvgIpc) is 2.92. The number of hydrogen-bond donors (Lipinski definition) is 0. The van der Waals surface area contributed by atoms with Crippen LogP contribution in [0.25, 0.3) is 0 Å². The molecule has 0 aliphatic heterocycles. The smallest absolute Gasteiger partial charge is 0.00520 e. The van der Waals surface area contributed by atoms with Crippen LogP contribution < -0.4 is 0 Å². The summed E-state index contributed by atoms with van der Waals surface area (Å²) >= 11 is 0. The van der Waals surface area contributed by atoms with E-state index in [0.717, 1.165) is 25.7 Å². The molecule has 0 radical (unpaired) electrons. The van der Waals surface area contributed by atoms with Gasteiger partial charge in [0.25, 0.3) is 0 Å². The lowest BCUT2D eigenvalue weighted by molar-refractivity contribution is 0.0224. The molecule has 0 spiro atoms. The van der Waals surface area contributed by atoms with E-state index in [1.54, 1.807) is 0 Å². The van der Waals surface area contributed by atoms with Crippen LogP contribution in [0.3, 0.4) is 0 Å². The van der Waals surface area contributed by atoms with E-state index in [0.29, 0.717) is 0 Å². The first-order valence-electron chi connectivity index (χ1n) is 22.8. The third-order valence-electron chi connectivity index (χ3n) is 18.2. The maximum absolute atomic E-state index is 4.34. The van der Waals surface area contributed by atoms with Crippen LogP contribution in [-0.2, 0) is 16.2 Å². The fourth-order valence-corrected chi connectivity index (χ4v) is 10.4. The van der Waals surface area contributed by atoms with Crippen molar-refractivity contribution in [1.82, 2.24) is 0 Å². The van der Waals surface area contributed by atoms with E-state index in [1.165, 1.54) is 33.4 Å². The molecule has 0 nitrogen and oxygen atoms in total. The largest absolute Gasteiger partial charge is 0.100 e. The Morgan fingerprint density at radius 1 is 0.368 bits per heavy atom. The molecule has 0 atom stereocenters. The molecular formula is C57H102. The molecular weight excluding hydrogens is 685 g/mol. The lowest BCUT2D eigenvalue weighted by atomic mass is 9.51. The monoisotopic (exact) mass is 787 g/mol. The minimum absolute atomic E-state index is 0.0173. The van der Waals surface area contributed by atoms with Gasteiger partial charge in [-0.15, -0.1) is 6.58 Å². The third-order valence-corrected chi connectivity index (χ3v) is 18.2. The first-order chi connectivity index (χ1) is 24.7. The van der Waals surface area contributed by atoms with E-state index in [-0.39, 0.29) is 65.0 Å². The molecule has 0 heterocycles. The van der Waals surface area contributed by atoms with E-state index in [4.69, 9.17) is 0 Å². The average molecular weight is 787 g/mol. The maximum atomic E-state index is 4.34. The summed E-state index contributed by atoms with van der Waals surface area (Å²) in [6.45, 7) is 75.8. The molecule has 0 N–H and O–H groups in total. The molecule has 0 bridgehead atoms. The second kappa shape index (κ2) is 16.4. The molecule has 0 unspecified atom stereocenters. The Hall–Kier alpha value is -1.56. The normalized spacial score (nSPS) is 15.1. The van der Waals surface area contributed by atoms with E-state index in [2.05, 4.69) is 238 Å². The molecule has 0 heteroatoms. The molecule has 330 valence electrons. The Balaban J connectivity index is 4.29. The van der Waals surface area contributed by atoms with Gasteiger partial charge in [-0.2, -0.15) is 0 Å². The number of rotatable bonds is 19. The van der Waals surface area contributed by atoms with Gasteiger partial charge >= 0.3 is 0 Å². The predicted molar refractivity (Wildman–Crippen MR) is 262 cm³/mol. The Morgan fingerprint density at radius 3 is 0.807 bits per heavy atom. The minimum atomic E-state index is -0.0933. The van der Waals surface area contributed by atoms with Crippen molar-refractivity contribution in [2.24, 2.45) is 48.7 Å². The van der Waals surface area contributed by atoms with Crippen molar-refractivity contribution in [3.8, 4) is 0 Å². The summed E-state index contributed by atoms with van der Waals surface area (Å²) in [6, 6.07) is 7.95. The quantitative estimate of drug-likeness (QED) is 0.123. The van der Waals surface area contributed by atoms with Gasteiger partial charge in [0, 0.05) is 0 Å². The van der Waals surface area contributed by atoms with E-state index in [1.807, 2.05) is 0 Å². The zero-order valence-electron chi connectivity index (χ0n) is 44.4. The van der Waals surface area contributed by atoms with Crippen LogP contribution in [0.15, 0.2) is 53.6 Å². The van der Waals surface area contributed by atoms with Crippen LogP contribution in [-0.4, -0.2) is 0 Å². The van der Waals surface area contributed by atoms with Gasteiger partial charge in [-0.05, 0) is 142 Å². The van der Waals surface area contributed by atoms with Crippen molar-refractivity contribution in [3.63, 3.8) is 0 Å². The zero-order chi connectivity index (χ0) is 45.8. The van der Waals surface area contributed by atoms with Crippen molar-refractivity contribution >= 4 is 0 Å². The fraction of sp³-hybridized carbons (Fsp3) is 0.789. The SMILES string of the molecule is C=C(C)CC(C)(C)C(C)(C)CC(C)(C)C(C)(C)c1cc(C(C)(C)C(C)(C)CC(C)(C)C(C)(C)C=C(C)C)cc(C(C)(C)C(C)(C)CC(C)(C)C(C)(C)C=C(C)C)c1. The molecule has 57 heavy (non-hydrogen) atoms. The summed E-state index contributed by atoms with van der Waals surface area (Å²) in [5, 5.41) is 0. The summed E-state index contributed by atoms with van der Waals surface area (Å²) in [6.07, 6.45) is 9.41. The van der Waals surface area contributed by atoms with Crippen molar-refractivity contribution in [3.05, 3.63) is 70.3 Å². The van der Waals surface area contributed by atoms with Crippen LogP contribution in [0.5, 0.6) is 0 Å². The summed E-state index contributed by atoms with van der Waals surface area (Å²) in [5.74, 6) is 0. The van der Waals surface area contributed by atoms with E-state index >= 15 is 0 Å². The zero-order valence-corrected chi connectivity index (χ0v) is 44.4. The summed E-state index contributed by atoms with van der Waals surface area (Å²) in [7, 11) is 0. The van der Waals surface area contributed by atoms with Gasteiger partial charge in [0.05, 0.1) is 0 Å². The van der Waals surface area contributed by atoms with Crippen LogP contribution in [0, 0.1) is 48.7 Å². The Morgan fingerprint density at radius 2 is 0.596 bits per heavy atom. The molecule has 0 aliphatic rings. The van der Waals surface area contributed by atoms with Gasteiger partial charge in [0.15, 0.2) is 0 Å². The molecule has 0 amide bonds. The van der Waals surface area contributed by atoms with Gasteiger partial charge in [0.2, 0.25) is 0 Å². The van der Waals surface area contributed by atoms with Crippen molar-refractivity contribution < 1.29 is 0 Å². The Kier molecular flexibility index (Phi) is 15.4. The molecule has 1 aromatic rings. The van der Waals surface area contributed by atoms with Gasteiger partial charge in [-0.3, -0.25) is 0 Å². The predicted octanol–water partition coefficient (Wildman–Crippen LogP) is 18.8. The highest BCUT2D eigenvalue weighted by molar-refractivity contribution is 5.43. The highest BCUT2D eigenvalue weighted by atomic mass is 14.6. The van der Waals surface area contributed by atoms with Gasteiger partial charge in [-0.25, -0.2) is 0 Å². The molecule has 1 aromatic carbocycles. The van der Waals surface area contributed by atoms with Gasteiger partial charge < -0.3 is 0 Å². The number of hydrogen-bond acceptors (Lipinski definition) is 0. The molecule has 0 fully saturated rings. The number of benzene rings is 1. The van der Waals surface area contributed by atoms with Gasteiger partial charge in [-0.1, -0.05) is 213 Å². The minimum Gasteiger partial charge on any atom is -0.100 e. The number of allylic oxidation sites excluding steroid dienone is 5. The first-order valence-corrected chi connectivity index (χ1v) is 22.8. The van der Waals surface area contributed by atoms with Crippen LogP contribution >= 0.6 is 0 Å². The Bertz CT molecular complexity index is 1530. The molecule has 0 saturated heterocycles. The lowest BCUT2D eigenvalue weighted by Gasteiger charge is -2.54. The summed E-state index contributed by atoms with van der Waals surface area (Å²) < 4.78 is 0. The van der Waals surface area contributed by atoms with Crippen molar-refractivity contribution in [1.29, 1.82) is 0 Å². The highest BCUT2D eigenvalue weighted by Gasteiger charge is 2.51. The van der Waals surface area contributed by atoms with E-state index < -0.39 is 0 Å². The molecule has 1 rings (SSSR count). The fourth-order valence-electron chi connectivity index (χ4n) is 10.4. The Labute approximate surface area is 360 Å². The standard InChI is InChI=1S/C57H102/c1-40(2)34-46(7,8)49(13,14)37-52(19,20)55(25,26)43-31-44(56(27,28)53(21,22)38-50(15,16)47(9,10)35-41(3)4)33-45(32-43)57(29,30)54(23,24)39-51(17,18)48(11,12)36-42(5)6/h31-33,35-36H,1,34,37-39H2,2-30H3. The molecule has 0 aromatic heterocycles. The molecule has 0 saturated carbocycles. The molecule has 0 aliphatic carbocycles. The highest BCUT2D eigenvalue weighted by Crippen LogP contribution is 2.59. The van der Waals surface area contributed by atoms with Gasteiger partial charge in [0.1, 0.15) is 0 Å². The first kappa shape index (κ1) is 53.5. The second-order valence-corrected chi connectivity index (χ2v) is 27.4. The van der Waals surface area contributed by atoms with Crippen molar-refractivity contribution in [2.75, 3.05) is 0 Å². The topological polar surface area (TPSA) is 0 Å². The maximum Gasteiger partial charge on any atom is -0.00520 e. The second-order valence-electron chi connectivity index (χ2n) is 27.4. The van der Waals surface area contributed by atoms with Crippen LogP contribution in [0.1, 0.15) is 243 Å². The van der Waals surface area contributed by atoms with Crippen LogP contribution in [0.2, 0.25) is 0 Å². The lowest BCUT2D eigenvalue weighted by Crippen LogP contribution is -2.46. The van der Waals surface area contributed by atoms with E-state index in [9.17, 15) is 0 Å². The van der Waals surface area contributed by atoms with Crippen molar-refractivity contribution in [2.45, 2.75) is 243 Å².